The molecule has 3 aromatic rings. The smallest absolute Gasteiger partial charge is 0.324 e. The van der Waals surface area contributed by atoms with Gasteiger partial charge >= 0.3 is 6.03 Å². The number of halogens is 2. The standard InChI is InChI=1S/C42H54Cl2N6O5/c1-9-33(55-34-19-18-26(41(4,5)10-2)22-30(34)42(6,7)11-3)38(51)46-27-16-15-17-28(23-27)49(40(45)53)37-36(48-20-13-12-14-21-48)39(52)50(47-37)35-31(43)24-29(54-8)25-32(35)44/h15-19,22-25,33,36H,9-14,20-21H2,1-8H3,(H2,45,53)(H,46,51). The van der Waals surface area contributed by atoms with E-state index in [1.54, 1.807) is 36.4 Å². The van der Waals surface area contributed by atoms with Crippen LogP contribution in [0.15, 0.2) is 59.7 Å². The largest absolute Gasteiger partial charge is 0.497 e. The summed E-state index contributed by atoms with van der Waals surface area (Å²) < 4.78 is 11.8. The van der Waals surface area contributed by atoms with Gasteiger partial charge in [-0.3, -0.25) is 14.5 Å². The summed E-state index contributed by atoms with van der Waals surface area (Å²) in [6.07, 6.45) is 4.25. The number of likely N-dealkylation sites (tertiary alicyclic amines) is 1. The fourth-order valence-corrected chi connectivity index (χ4v) is 7.52. The second-order valence-electron chi connectivity index (χ2n) is 15.5. The van der Waals surface area contributed by atoms with Gasteiger partial charge in [0, 0.05) is 23.4 Å². The van der Waals surface area contributed by atoms with E-state index in [1.165, 1.54) is 17.6 Å². The van der Waals surface area contributed by atoms with Crippen LogP contribution in [-0.4, -0.2) is 60.9 Å². The van der Waals surface area contributed by atoms with Crippen LogP contribution in [0, 0.1) is 0 Å². The van der Waals surface area contributed by atoms with Crippen LogP contribution in [0.5, 0.6) is 11.5 Å². The molecule has 55 heavy (non-hydrogen) atoms. The number of hydrogen-bond donors (Lipinski definition) is 2. The number of amidine groups is 1. The van der Waals surface area contributed by atoms with E-state index in [9.17, 15) is 14.4 Å². The third kappa shape index (κ3) is 8.90. The Morgan fingerprint density at radius 2 is 1.62 bits per heavy atom. The summed E-state index contributed by atoms with van der Waals surface area (Å²) in [6.45, 7) is 16.3. The van der Waals surface area contributed by atoms with Crippen molar-refractivity contribution in [2.24, 2.45) is 10.8 Å². The van der Waals surface area contributed by atoms with E-state index in [4.69, 9.17) is 38.4 Å². The second-order valence-corrected chi connectivity index (χ2v) is 16.3. The highest BCUT2D eigenvalue weighted by Gasteiger charge is 2.46. The highest BCUT2D eigenvalue weighted by molar-refractivity contribution is 6.41. The molecule has 0 radical (unpaired) electrons. The van der Waals surface area contributed by atoms with Gasteiger partial charge in [-0.05, 0) is 85.9 Å². The second kappa shape index (κ2) is 17.2. The van der Waals surface area contributed by atoms with Crippen molar-refractivity contribution in [3.63, 3.8) is 0 Å². The van der Waals surface area contributed by atoms with Gasteiger partial charge in [-0.1, -0.05) is 96.3 Å². The Morgan fingerprint density at radius 1 is 0.964 bits per heavy atom. The van der Waals surface area contributed by atoms with Crippen molar-refractivity contribution in [1.82, 2.24) is 4.90 Å². The average Bonchev–Trinajstić information content (AvgIpc) is 3.48. The number of nitrogens with one attached hydrogen (secondary N) is 1. The first-order valence-electron chi connectivity index (χ1n) is 19.1. The maximum absolute atomic E-state index is 14.3. The summed E-state index contributed by atoms with van der Waals surface area (Å²) in [5.41, 5.74) is 9.02. The summed E-state index contributed by atoms with van der Waals surface area (Å²) in [6, 6.07) is 14.3. The molecule has 2 atom stereocenters. The Kier molecular flexibility index (Phi) is 13.1. The summed E-state index contributed by atoms with van der Waals surface area (Å²) in [5.74, 6) is 0.406. The SMILES string of the molecule is CCC(Oc1ccc(C(C)(C)CC)cc1C(C)(C)CC)C(=O)Nc1cccc(N(C(N)=O)C2=NN(c3c(Cl)cc(OC)cc3Cl)C(=O)C2N2CCCCC2)c1. The van der Waals surface area contributed by atoms with Gasteiger partial charge < -0.3 is 20.5 Å². The van der Waals surface area contributed by atoms with Crippen LogP contribution in [0.2, 0.25) is 10.0 Å². The van der Waals surface area contributed by atoms with Crippen LogP contribution in [0.4, 0.5) is 21.9 Å². The molecule has 2 aliphatic heterocycles. The van der Waals surface area contributed by atoms with Crippen LogP contribution in [0.3, 0.4) is 0 Å². The predicted octanol–water partition coefficient (Wildman–Crippen LogP) is 9.27. The zero-order chi connectivity index (χ0) is 40.2. The number of primary amides is 1. The fourth-order valence-electron chi connectivity index (χ4n) is 6.89. The number of carbonyl (C=O) groups is 3. The zero-order valence-corrected chi connectivity index (χ0v) is 34.7. The molecule has 0 aromatic heterocycles. The number of nitrogens with zero attached hydrogens (tertiary/aromatic N) is 4. The molecule has 13 heteroatoms. The minimum Gasteiger partial charge on any atom is -0.497 e. The minimum absolute atomic E-state index is 0.0122. The number of piperidine rings is 1. The molecule has 0 bridgehead atoms. The van der Waals surface area contributed by atoms with E-state index < -0.39 is 24.1 Å². The van der Waals surface area contributed by atoms with Gasteiger partial charge in [0.1, 0.15) is 17.2 Å². The Labute approximate surface area is 335 Å². The predicted molar refractivity (Wildman–Crippen MR) is 222 cm³/mol. The summed E-state index contributed by atoms with van der Waals surface area (Å²) in [4.78, 5) is 44.7. The Morgan fingerprint density at radius 3 is 2.20 bits per heavy atom. The normalized spacial score (nSPS) is 17.1. The maximum atomic E-state index is 14.3. The highest BCUT2D eigenvalue weighted by atomic mass is 35.5. The van der Waals surface area contributed by atoms with Crippen LogP contribution in [0.1, 0.15) is 98.1 Å². The number of methoxy groups -OCH3 is 1. The first-order valence-corrected chi connectivity index (χ1v) is 19.8. The lowest BCUT2D eigenvalue weighted by Crippen LogP contribution is -2.55. The van der Waals surface area contributed by atoms with Gasteiger partial charge in [-0.15, -0.1) is 5.10 Å². The lowest BCUT2D eigenvalue weighted by molar-refractivity contribution is -0.123. The number of amides is 4. The molecule has 0 spiro atoms. The van der Waals surface area contributed by atoms with E-state index in [-0.39, 0.29) is 38.3 Å². The molecular weight excluding hydrogens is 739 g/mol. The van der Waals surface area contributed by atoms with Gasteiger partial charge in [0.05, 0.1) is 22.8 Å². The first-order chi connectivity index (χ1) is 26.1. The maximum Gasteiger partial charge on any atom is 0.324 e. The molecule has 3 aromatic carbocycles. The lowest BCUT2D eigenvalue weighted by atomic mass is 9.76. The number of benzene rings is 3. The number of carbonyl (C=O) groups excluding carboxylic acids is 3. The number of hydrazone groups is 1. The summed E-state index contributed by atoms with van der Waals surface area (Å²) in [5, 5.41) is 9.09. The topological polar surface area (TPSA) is 130 Å². The molecule has 5 rings (SSSR count). The molecule has 1 fully saturated rings. The average molecular weight is 794 g/mol. The number of nitrogens with two attached hydrogens (primary N) is 1. The Bertz CT molecular complexity index is 1920. The van der Waals surface area contributed by atoms with Crippen LogP contribution >= 0.6 is 23.2 Å². The molecule has 1 saturated heterocycles. The van der Waals surface area contributed by atoms with E-state index in [1.807, 2.05) is 17.9 Å². The summed E-state index contributed by atoms with van der Waals surface area (Å²) >= 11 is 13.3. The van der Waals surface area contributed by atoms with Crippen molar-refractivity contribution in [2.45, 2.75) is 110 Å². The van der Waals surface area contributed by atoms with Crippen molar-refractivity contribution in [3.05, 3.63) is 75.8 Å². The van der Waals surface area contributed by atoms with E-state index in [0.717, 1.165) is 42.7 Å². The van der Waals surface area contributed by atoms with Crippen LogP contribution < -0.4 is 30.4 Å². The third-order valence-corrected chi connectivity index (χ3v) is 11.7. The lowest BCUT2D eigenvalue weighted by Gasteiger charge is -2.34. The fraction of sp³-hybridized carbons (Fsp3) is 0.476. The number of rotatable bonds is 13. The van der Waals surface area contributed by atoms with E-state index in [2.05, 4.69) is 64.1 Å². The molecule has 3 N–H and O–H groups in total. The van der Waals surface area contributed by atoms with Gasteiger partial charge in [0.25, 0.3) is 11.8 Å². The number of urea groups is 1. The van der Waals surface area contributed by atoms with Crippen molar-refractivity contribution in [2.75, 3.05) is 35.4 Å². The van der Waals surface area contributed by atoms with Gasteiger partial charge in [-0.25, -0.2) is 9.69 Å². The first kappa shape index (κ1) is 41.8. The molecule has 2 aliphatic rings. The highest BCUT2D eigenvalue weighted by Crippen LogP contribution is 2.42. The Hall–Kier alpha value is -4.32. The zero-order valence-electron chi connectivity index (χ0n) is 33.2. The third-order valence-electron chi connectivity index (χ3n) is 11.1. The van der Waals surface area contributed by atoms with Crippen molar-refractivity contribution in [1.29, 1.82) is 0 Å². The number of ether oxygens (including phenoxy) is 2. The van der Waals surface area contributed by atoms with Crippen LogP contribution in [-0.2, 0) is 20.4 Å². The molecule has 0 aliphatic carbocycles. The molecule has 2 heterocycles. The van der Waals surface area contributed by atoms with Crippen LogP contribution in [0.25, 0.3) is 0 Å². The van der Waals surface area contributed by atoms with E-state index in [0.29, 0.717) is 42.4 Å². The van der Waals surface area contributed by atoms with Gasteiger partial charge in [0.15, 0.2) is 18.0 Å². The van der Waals surface area contributed by atoms with Crippen molar-refractivity contribution >= 4 is 63.9 Å². The molecule has 11 nitrogen and oxygen atoms in total. The van der Waals surface area contributed by atoms with Crippen molar-refractivity contribution in [3.8, 4) is 11.5 Å². The molecule has 296 valence electrons. The quantitative estimate of drug-likeness (QED) is 0.178. The summed E-state index contributed by atoms with van der Waals surface area (Å²) in [7, 11) is 1.48. The monoisotopic (exact) mass is 792 g/mol. The van der Waals surface area contributed by atoms with E-state index >= 15 is 0 Å². The molecule has 0 saturated carbocycles. The molecule has 4 amide bonds. The van der Waals surface area contributed by atoms with Gasteiger partial charge in [0.2, 0.25) is 0 Å². The molecular formula is C42H54Cl2N6O5. The number of anilines is 3. The van der Waals surface area contributed by atoms with Gasteiger partial charge in [-0.2, -0.15) is 5.01 Å². The Balaban J connectivity index is 1.47. The number of hydrogen-bond acceptors (Lipinski definition) is 7. The minimum atomic E-state index is -0.950. The van der Waals surface area contributed by atoms with Crippen molar-refractivity contribution < 1.29 is 23.9 Å². The molecule has 2 unspecified atom stereocenters.